The number of nitrogens with one attached hydrogen (secondary N) is 1. The molecule has 1 aromatic carbocycles. The SMILES string of the molecule is Cc1ccc(NC(=O)c2cnc(CCC(=O)c3cc(-c4ccncc4)ncn3)s2)cc1C(F)(F)F. The lowest BCUT2D eigenvalue weighted by Crippen LogP contribution is -2.13. The lowest BCUT2D eigenvalue weighted by Gasteiger charge is -2.12. The molecule has 0 atom stereocenters. The van der Waals surface area contributed by atoms with E-state index in [0.29, 0.717) is 10.7 Å². The molecular formula is C24H18F3N5O2S. The Morgan fingerprint density at radius 2 is 1.80 bits per heavy atom. The number of nitrogens with zero attached hydrogens (tertiary/aromatic N) is 4. The molecule has 35 heavy (non-hydrogen) atoms. The molecule has 11 heteroatoms. The molecule has 0 bridgehead atoms. The van der Waals surface area contributed by atoms with Crippen LogP contribution in [0.25, 0.3) is 11.3 Å². The Bertz CT molecular complexity index is 1370. The minimum Gasteiger partial charge on any atom is -0.321 e. The Morgan fingerprint density at radius 3 is 2.54 bits per heavy atom. The quantitative estimate of drug-likeness (QED) is 0.344. The van der Waals surface area contributed by atoms with E-state index in [1.807, 2.05) is 0 Å². The zero-order valence-electron chi connectivity index (χ0n) is 18.3. The molecule has 0 spiro atoms. The van der Waals surface area contributed by atoms with Gasteiger partial charge in [0, 0.05) is 36.5 Å². The number of anilines is 1. The summed E-state index contributed by atoms with van der Waals surface area (Å²) >= 11 is 1.07. The van der Waals surface area contributed by atoms with Crippen molar-refractivity contribution in [2.75, 3.05) is 5.32 Å². The van der Waals surface area contributed by atoms with E-state index in [1.165, 1.54) is 31.6 Å². The number of rotatable bonds is 7. The van der Waals surface area contributed by atoms with Crippen LogP contribution in [0.3, 0.4) is 0 Å². The summed E-state index contributed by atoms with van der Waals surface area (Å²) in [5.74, 6) is -0.780. The van der Waals surface area contributed by atoms with Crippen LogP contribution in [-0.2, 0) is 12.6 Å². The number of halogens is 3. The first-order chi connectivity index (χ1) is 16.7. The van der Waals surface area contributed by atoms with Crippen molar-refractivity contribution in [1.29, 1.82) is 0 Å². The molecule has 3 aromatic heterocycles. The van der Waals surface area contributed by atoms with Crippen LogP contribution < -0.4 is 5.32 Å². The molecule has 4 aromatic rings. The number of hydrogen-bond donors (Lipinski definition) is 1. The van der Waals surface area contributed by atoms with Gasteiger partial charge in [-0.15, -0.1) is 11.3 Å². The standard InChI is InChI=1S/C24H18F3N5O2S/c1-14-2-3-16(10-17(14)24(25,26)27)32-23(34)21-12-29-22(35-21)5-4-20(33)19-11-18(30-13-31-19)15-6-8-28-9-7-15/h2-3,6-13H,4-5H2,1H3,(H,32,34). The number of alkyl halides is 3. The molecule has 1 amide bonds. The van der Waals surface area contributed by atoms with E-state index in [1.54, 1.807) is 30.6 Å². The molecule has 7 nitrogen and oxygen atoms in total. The molecule has 1 N–H and O–H groups in total. The largest absolute Gasteiger partial charge is 0.416 e. The Balaban J connectivity index is 1.38. The van der Waals surface area contributed by atoms with Crippen LogP contribution in [0.4, 0.5) is 18.9 Å². The first kappa shape index (κ1) is 24.1. The predicted octanol–water partition coefficient (Wildman–Crippen LogP) is 5.39. The van der Waals surface area contributed by atoms with Crippen molar-refractivity contribution in [3.8, 4) is 11.3 Å². The number of carbonyl (C=O) groups excluding carboxylic acids is 2. The van der Waals surface area contributed by atoms with Crippen LogP contribution in [0, 0.1) is 6.92 Å². The van der Waals surface area contributed by atoms with Gasteiger partial charge in [0.25, 0.3) is 5.91 Å². The summed E-state index contributed by atoms with van der Waals surface area (Å²) in [6.45, 7) is 1.35. The van der Waals surface area contributed by atoms with Crippen molar-refractivity contribution in [1.82, 2.24) is 19.9 Å². The number of carbonyl (C=O) groups is 2. The van der Waals surface area contributed by atoms with E-state index >= 15 is 0 Å². The number of aryl methyl sites for hydroxylation is 2. The zero-order chi connectivity index (χ0) is 25.0. The lowest BCUT2D eigenvalue weighted by atomic mass is 10.1. The number of aromatic nitrogens is 4. The van der Waals surface area contributed by atoms with Gasteiger partial charge >= 0.3 is 6.18 Å². The second-order valence-electron chi connectivity index (χ2n) is 7.55. The Hall–Kier alpha value is -3.99. The Labute approximate surface area is 202 Å². The first-order valence-electron chi connectivity index (χ1n) is 10.4. The van der Waals surface area contributed by atoms with Gasteiger partial charge < -0.3 is 5.32 Å². The normalized spacial score (nSPS) is 11.3. The summed E-state index contributed by atoms with van der Waals surface area (Å²) in [6, 6.07) is 8.77. The molecule has 0 aliphatic rings. The van der Waals surface area contributed by atoms with E-state index in [-0.39, 0.29) is 40.4 Å². The third kappa shape index (κ3) is 5.93. The monoisotopic (exact) mass is 497 g/mol. The molecule has 0 radical (unpaired) electrons. The van der Waals surface area contributed by atoms with Crippen LogP contribution in [0.2, 0.25) is 0 Å². The van der Waals surface area contributed by atoms with Gasteiger partial charge in [0.15, 0.2) is 5.78 Å². The van der Waals surface area contributed by atoms with Gasteiger partial charge in [-0.25, -0.2) is 15.0 Å². The lowest BCUT2D eigenvalue weighted by molar-refractivity contribution is -0.138. The number of pyridine rings is 1. The molecule has 0 saturated heterocycles. The van der Waals surface area contributed by atoms with Crippen LogP contribution in [0.1, 0.15) is 42.7 Å². The van der Waals surface area contributed by atoms with Gasteiger partial charge in [-0.2, -0.15) is 13.2 Å². The molecule has 4 rings (SSSR count). The van der Waals surface area contributed by atoms with Gasteiger partial charge in [0.05, 0.1) is 22.5 Å². The van der Waals surface area contributed by atoms with Crippen molar-refractivity contribution in [3.05, 3.63) is 88.0 Å². The van der Waals surface area contributed by atoms with Crippen molar-refractivity contribution < 1.29 is 22.8 Å². The first-order valence-corrected chi connectivity index (χ1v) is 11.2. The van der Waals surface area contributed by atoms with Gasteiger partial charge in [-0.05, 0) is 42.8 Å². The topological polar surface area (TPSA) is 97.7 Å². The maximum absolute atomic E-state index is 13.1. The summed E-state index contributed by atoms with van der Waals surface area (Å²) in [7, 11) is 0. The van der Waals surface area contributed by atoms with Gasteiger partial charge in [0.1, 0.15) is 16.9 Å². The highest BCUT2D eigenvalue weighted by Gasteiger charge is 2.32. The summed E-state index contributed by atoms with van der Waals surface area (Å²) < 4.78 is 39.3. The van der Waals surface area contributed by atoms with E-state index in [0.717, 1.165) is 23.0 Å². The van der Waals surface area contributed by atoms with Crippen LogP contribution >= 0.6 is 11.3 Å². The number of hydrogen-bond acceptors (Lipinski definition) is 7. The maximum atomic E-state index is 13.1. The fraction of sp³-hybridized carbons (Fsp3) is 0.167. The fourth-order valence-corrected chi connectivity index (χ4v) is 4.08. The van der Waals surface area contributed by atoms with Crippen molar-refractivity contribution in [3.63, 3.8) is 0 Å². The van der Waals surface area contributed by atoms with E-state index in [2.05, 4.69) is 25.3 Å². The number of Topliss-reactive ketones (excluding diaryl/α,β-unsaturated/α-hetero) is 1. The Morgan fingerprint density at radius 1 is 1.03 bits per heavy atom. The minimum absolute atomic E-state index is 0.0341. The summed E-state index contributed by atoms with van der Waals surface area (Å²) in [5.41, 5.74) is 0.965. The van der Waals surface area contributed by atoms with Crippen LogP contribution in [0.15, 0.2) is 61.3 Å². The van der Waals surface area contributed by atoms with Gasteiger partial charge in [0.2, 0.25) is 0 Å². The van der Waals surface area contributed by atoms with Crippen molar-refractivity contribution in [2.24, 2.45) is 0 Å². The smallest absolute Gasteiger partial charge is 0.321 e. The fourth-order valence-electron chi connectivity index (χ4n) is 3.27. The van der Waals surface area contributed by atoms with E-state index in [4.69, 9.17) is 0 Å². The molecule has 178 valence electrons. The second-order valence-corrected chi connectivity index (χ2v) is 8.66. The number of benzene rings is 1. The van der Waals surface area contributed by atoms with Gasteiger partial charge in [-0.1, -0.05) is 6.07 Å². The number of amides is 1. The van der Waals surface area contributed by atoms with Crippen LogP contribution in [0.5, 0.6) is 0 Å². The number of thiazole rings is 1. The highest BCUT2D eigenvalue weighted by atomic mass is 32.1. The molecule has 0 aliphatic heterocycles. The van der Waals surface area contributed by atoms with E-state index in [9.17, 15) is 22.8 Å². The minimum atomic E-state index is -4.52. The van der Waals surface area contributed by atoms with Crippen molar-refractivity contribution >= 4 is 28.7 Å². The highest BCUT2D eigenvalue weighted by molar-refractivity contribution is 7.13. The third-order valence-electron chi connectivity index (χ3n) is 5.07. The molecule has 0 saturated carbocycles. The zero-order valence-corrected chi connectivity index (χ0v) is 19.2. The van der Waals surface area contributed by atoms with Gasteiger partial charge in [-0.3, -0.25) is 14.6 Å². The molecule has 0 aliphatic carbocycles. The maximum Gasteiger partial charge on any atom is 0.416 e. The molecule has 0 fully saturated rings. The average Bonchev–Trinajstić information content (AvgIpc) is 3.33. The second kappa shape index (κ2) is 10.1. The number of ketones is 1. The van der Waals surface area contributed by atoms with E-state index < -0.39 is 17.6 Å². The summed E-state index contributed by atoms with van der Waals surface area (Å²) in [6.07, 6.45) is 1.81. The molecular weight excluding hydrogens is 479 g/mol. The molecule has 3 heterocycles. The Kier molecular flexibility index (Phi) is 6.97. The van der Waals surface area contributed by atoms with Crippen molar-refractivity contribution in [2.45, 2.75) is 25.9 Å². The average molecular weight is 498 g/mol. The third-order valence-corrected chi connectivity index (χ3v) is 6.13. The highest BCUT2D eigenvalue weighted by Crippen LogP contribution is 2.33. The summed E-state index contributed by atoms with van der Waals surface area (Å²) in [5, 5.41) is 3.01. The predicted molar refractivity (Wildman–Crippen MR) is 124 cm³/mol. The molecule has 0 unspecified atom stereocenters. The van der Waals surface area contributed by atoms with Crippen LogP contribution in [-0.4, -0.2) is 31.6 Å². The summed E-state index contributed by atoms with van der Waals surface area (Å²) in [4.78, 5) is 41.7.